The van der Waals surface area contributed by atoms with Crippen LogP contribution in [0.15, 0.2) is 138 Å². The predicted molar refractivity (Wildman–Crippen MR) is 236 cm³/mol. The van der Waals surface area contributed by atoms with Gasteiger partial charge >= 0.3 is 0 Å². The molecule has 3 aromatic heterocycles. The van der Waals surface area contributed by atoms with Crippen molar-refractivity contribution in [2.75, 3.05) is 0 Å². The van der Waals surface area contributed by atoms with Gasteiger partial charge in [0.05, 0.1) is 13.7 Å². The summed E-state index contributed by atoms with van der Waals surface area (Å²) in [6.45, 7) is 12.2. The fraction of sp³-hybridized carbons (Fsp3) is 0.216. The SMILES string of the molecule is [2H]C([2H])([2H])c1ccc(-c2cccc3c2oc2c(-c4cc(C([2H])(C)C)ccn4)[c-]ccc23)cc1.[2H]C([2H])(c1cc(-c2[c-]ccc(-c3ccccc3)c2)ncc1[Si](C)(C)C)C(C)C.[Ir]. The first-order chi connectivity index (χ1) is 28.7. The third kappa shape index (κ3) is 9.03. The Kier molecular flexibility index (Phi) is 10.4. The van der Waals surface area contributed by atoms with Gasteiger partial charge in [0.25, 0.3) is 0 Å². The van der Waals surface area contributed by atoms with E-state index in [1.54, 1.807) is 18.3 Å². The van der Waals surface area contributed by atoms with Gasteiger partial charge in [0.2, 0.25) is 0 Å². The van der Waals surface area contributed by atoms with Crippen LogP contribution in [0, 0.1) is 24.9 Å². The number of fused-ring (bicyclic) bond motifs is 3. The van der Waals surface area contributed by atoms with Gasteiger partial charge < -0.3 is 14.4 Å². The topological polar surface area (TPSA) is 38.9 Å². The fourth-order valence-corrected chi connectivity index (χ4v) is 8.17. The van der Waals surface area contributed by atoms with E-state index in [1.165, 1.54) is 0 Å². The zero-order chi connectivity index (χ0) is 43.9. The molecule has 0 saturated carbocycles. The molecule has 0 amide bonds. The number of hydrogen-bond donors (Lipinski definition) is 0. The number of aromatic nitrogens is 2. The Morgan fingerprint density at radius 3 is 2.20 bits per heavy atom. The minimum absolute atomic E-state index is 0. The van der Waals surface area contributed by atoms with Crippen molar-refractivity contribution >= 4 is 35.2 Å². The maximum atomic E-state index is 8.73. The summed E-state index contributed by atoms with van der Waals surface area (Å²) < 4.78 is 55.1. The molecule has 3 nitrogen and oxygen atoms in total. The summed E-state index contributed by atoms with van der Waals surface area (Å²) in [4.78, 5) is 9.25. The molecule has 0 aliphatic carbocycles. The summed E-state index contributed by atoms with van der Waals surface area (Å²) in [6.07, 6.45) is 2.22. The van der Waals surface area contributed by atoms with Gasteiger partial charge in [-0.05, 0) is 58.8 Å². The maximum absolute atomic E-state index is 8.73. The molecule has 0 bridgehead atoms. The van der Waals surface area contributed by atoms with E-state index in [0.717, 1.165) is 71.7 Å². The first-order valence-corrected chi connectivity index (χ1v) is 22.3. The molecule has 8 rings (SSSR count). The number of aryl methyl sites for hydroxylation is 1. The molecule has 1 radical (unpaired) electrons. The van der Waals surface area contributed by atoms with Crippen molar-refractivity contribution in [1.29, 1.82) is 0 Å². The molecule has 0 spiro atoms. The molecular formula is C51H50IrN2OSi-2. The summed E-state index contributed by atoms with van der Waals surface area (Å²) >= 11 is 0. The molecule has 3 heterocycles. The minimum Gasteiger partial charge on any atom is -0.500 e. The van der Waals surface area contributed by atoms with E-state index in [2.05, 4.69) is 55.0 Å². The maximum Gasteiger partial charge on any atom is 0.128 e. The van der Waals surface area contributed by atoms with Crippen molar-refractivity contribution < 1.29 is 32.7 Å². The molecular weight excluding hydrogens is 877 g/mol. The zero-order valence-electron chi connectivity index (χ0n) is 38.9. The van der Waals surface area contributed by atoms with Crippen LogP contribution in [0.4, 0.5) is 0 Å². The third-order valence-electron chi connectivity index (χ3n) is 9.59. The Hall–Kier alpha value is -4.93. The van der Waals surface area contributed by atoms with Crippen LogP contribution in [-0.2, 0) is 26.5 Å². The van der Waals surface area contributed by atoms with Crippen molar-refractivity contribution in [3.8, 4) is 44.8 Å². The van der Waals surface area contributed by atoms with Gasteiger partial charge in [-0.3, -0.25) is 0 Å². The number of furan rings is 1. The average molecular weight is 933 g/mol. The standard InChI is InChI=1S/C27H22NO.C24H28NSi.Ir/c1-17(2)20-14-15-28-25(16-20)24-9-5-8-23-22-7-4-6-21(26(22)29-27(23)24)19-12-10-18(3)11-13-19;1-18(2)14-22-16-23(25-17-24(22)26(3,4)5)21-13-9-12-20(15-21)19-10-7-6-8-11-19;/h4-8,10-17H,1-3H3;6-12,15-18H,14H2,1-5H3;/q2*-1;/i3D3,17D;14D2;. The number of benzene rings is 5. The minimum atomic E-state index is -2.14. The molecule has 0 aliphatic rings. The average Bonchev–Trinajstić information content (AvgIpc) is 3.62. The Labute approximate surface area is 356 Å². The van der Waals surface area contributed by atoms with Gasteiger partial charge in [0.1, 0.15) is 5.58 Å². The van der Waals surface area contributed by atoms with Gasteiger partial charge in [-0.25, -0.2) is 0 Å². The van der Waals surface area contributed by atoms with Crippen LogP contribution in [0.2, 0.25) is 19.6 Å². The van der Waals surface area contributed by atoms with Crippen molar-refractivity contribution in [2.24, 2.45) is 5.92 Å². The summed E-state index contributed by atoms with van der Waals surface area (Å²) in [5, 5.41) is 3.01. The molecule has 5 aromatic carbocycles. The van der Waals surface area contributed by atoms with Gasteiger partial charge in [-0.2, -0.15) is 0 Å². The molecule has 0 N–H and O–H groups in total. The number of para-hydroxylation sites is 1. The first-order valence-electron chi connectivity index (χ1n) is 21.8. The van der Waals surface area contributed by atoms with E-state index in [9.17, 15) is 0 Å². The van der Waals surface area contributed by atoms with Crippen LogP contribution < -0.4 is 5.19 Å². The molecule has 8 aromatic rings. The Bertz CT molecular complexity index is 2820. The number of rotatable bonds is 8. The van der Waals surface area contributed by atoms with Gasteiger partial charge in [0, 0.05) is 51.7 Å². The largest absolute Gasteiger partial charge is 0.500 e. The predicted octanol–water partition coefficient (Wildman–Crippen LogP) is 13.5. The Morgan fingerprint density at radius 1 is 0.732 bits per heavy atom. The molecule has 0 atom stereocenters. The second-order valence-electron chi connectivity index (χ2n) is 15.4. The van der Waals surface area contributed by atoms with E-state index in [0.29, 0.717) is 16.8 Å². The number of nitrogens with zero attached hydrogens (tertiary/aromatic N) is 2. The van der Waals surface area contributed by atoms with Crippen molar-refractivity contribution in [1.82, 2.24) is 9.97 Å². The monoisotopic (exact) mass is 933 g/mol. The molecule has 5 heteroatoms. The summed E-state index contributed by atoms with van der Waals surface area (Å²) in [6, 6.07) is 45.3. The number of hydrogen-bond acceptors (Lipinski definition) is 3. The quantitative estimate of drug-likeness (QED) is 0.113. The van der Waals surface area contributed by atoms with Crippen LogP contribution in [0.3, 0.4) is 0 Å². The summed E-state index contributed by atoms with van der Waals surface area (Å²) in [5.74, 6) is -0.856. The normalized spacial score (nSPS) is 13.7. The Balaban J connectivity index is 0.000000207. The van der Waals surface area contributed by atoms with E-state index >= 15 is 0 Å². The first kappa shape index (κ1) is 33.2. The van der Waals surface area contributed by atoms with Crippen LogP contribution in [0.5, 0.6) is 0 Å². The molecule has 56 heavy (non-hydrogen) atoms. The van der Waals surface area contributed by atoms with Gasteiger partial charge in [-0.15, -0.1) is 53.6 Å². The van der Waals surface area contributed by atoms with E-state index < -0.39 is 27.2 Å². The van der Waals surface area contributed by atoms with E-state index in [4.69, 9.17) is 17.6 Å². The van der Waals surface area contributed by atoms with Gasteiger partial charge in [-0.1, -0.05) is 160 Å². The molecule has 0 fully saturated rings. The van der Waals surface area contributed by atoms with Crippen molar-refractivity contribution in [3.05, 3.63) is 163 Å². The summed E-state index contributed by atoms with van der Waals surface area (Å²) in [7, 11) is -1.73. The van der Waals surface area contributed by atoms with Gasteiger partial charge in [0.15, 0.2) is 0 Å². The van der Waals surface area contributed by atoms with E-state index in [-0.39, 0.29) is 26.0 Å². The third-order valence-corrected chi connectivity index (χ3v) is 11.6. The smallest absolute Gasteiger partial charge is 0.128 e. The second-order valence-corrected chi connectivity index (χ2v) is 20.4. The number of pyridine rings is 2. The van der Waals surface area contributed by atoms with Crippen LogP contribution in [0.1, 0.15) is 58.5 Å². The molecule has 285 valence electrons. The van der Waals surface area contributed by atoms with Crippen LogP contribution in [0.25, 0.3) is 66.7 Å². The molecule has 0 saturated heterocycles. The fourth-order valence-electron chi connectivity index (χ4n) is 6.76. The second kappa shape index (κ2) is 17.5. The van der Waals surface area contributed by atoms with Crippen molar-refractivity contribution in [2.45, 2.75) is 66.5 Å². The molecule has 0 unspecified atom stereocenters. The molecule has 0 aliphatic heterocycles. The van der Waals surface area contributed by atoms with Crippen LogP contribution >= 0.6 is 0 Å². The van der Waals surface area contributed by atoms with Crippen molar-refractivity contribution in [3.63, 3.8) is 0 Å². The van der Waals surface area contributed by atoms with E-state index in [1.807, 2.05) is 125 Å². The summed E-state index contributed by atoms with van der Waals surface area (Å²) in [5.41, 5.74) is 10.5. The Morgan fingerprint density at radius 2 is 1.48 bits per heavy atom. The van der Waals surface area contributed by atoms with Crippen LogP contribution in [-0.4, -0.2) is 18.0 Å². The zero-order valence-corrected chi connectivity index (χ0v) is 36.3.